The number of carbonyl (C=O) groups excluding carboxylic acids is 1. The number of aromatic nitrogens is 4. The number of rotatable bonds is 3. The first-order valence-corrected chi connectivity index (χ1v) is 8.63. The van der Waals surface area contributed by atoms with Crippen molar-refractivity contribution in [2.45, 2.75) is 20.8 Å². The summed E-state index contributed by atoms with van der Waals surface area (Å²) in [5.74, 6) is 0.0509. The van der Waals surface area contributed by atoms with E-state index >= 15 is 0 Å². The molecule has 27 heavy (non-hydrogen) atoms. The molecule has 0 saturated heterocycles. The Labute approximate surface area is 156 Å². The van der Waals surface area contributed by atoms with E-state index in [2.05, 4.69) is 39.8 Å². The Bertz CT molecular complexity index is 1190. The lowest BCUT2D eigenvalue weighted by atomic mass is 10.0. The van der Waals surface area contributed by atoms with E-state index in [1.54, 1.807) is 13.1 Å². The topological polar surface area (TPSA) is 97.5 Å². The molecule has 134 valence electrons. The fourth-order valence-corrected chi connectivity index (χ4v) is 3.34. The number of benzene rings is 1. The maximum atomic E-state index is 11.4. The summed E-state index contributed by atoms with van der Waals surface area (Å²) in [6, 6.07) is 8.08. The van der Waals surface area contributed by atoms with Crippen LogP contribution >= 0.6 is 0 Å². The van der Waals surface area contributed by atoms with Crippen LogP contribution in [0.4, 0.5) is 0 Å². The zero-order valence-corrected chi connectivity index (χ0v) is 15.4. The Morgan fingerprint density at radius 1 is 1.11 bits per heavy atom. The second-order valence-electron chi connectivity index (χ2n) is 6.63. The average Bonchev–Trinajstić information content (AvgIpc) is 2.98. The van der Waals surface area contributed by atoms with Crippen LogP contribution in [0, 0.1) is 20.8 Å². The second-order valence-corrected chi connectivity index (χ2v) is 6.63. The number of hydrogen-bond acceptors (Lipinski definition) is 4. The lowest BCUT2D eigenvalue weighted by Gasteiger charge is -2.05. The quantitative estimate of drug-likeness (QED) is 0.584. The van der Waals surface area contributed by atoms with Gasteiger partial charge in [-0.2, -0.15) is 0 Å². The molecule has 6 nitrogen and oxygen atoms in total. The molecule has 0 aliphatic rings. The second kappa shape index (κ2) is 6.32. The fraction of sp³-hybridized carbons (Fsp3) is 0.143. The van der Waals surface area contributed by atoms with Crippen LogP contribution < -0.4 is 5.73 Å². The molecule has 0 spiro atoms. The van der Waals surface area contributed by atoms with Crippen molar-refractivity contribution >= 4 is 16.8 Å². The maximum absolute atomic E-state index is 11.4. The van der Waals surface area contributed by atoms with Gasteiger partial charge in [0, 0.05) is 46.3 Å². The standard InChI is InChI=1S/C21H19N5O/c1-11-9-23-7-6-15(11)19-12(2)16-8-14(4-5-18(16)26-19)21-24-10-17(20(22)27)13(3)25-21/h4-10,26H,1-3H3,(H2,22,27). The predicted molar refractivity (Wildman–Crippen MR) is 105 cm³/mol. The zero-order chi connectivity index (χ0) is 19.1. The predicted octanol–water partition coefficient (Wildman–Crippen LogP) is 3.71. The molecule has 3 N–H and O–H groups in total. The Kier molecular flexibility index (Phi) is 3.96. The molecule has 0 fully saturated rings. The van der Waals surface area contributed by atoms with Gasteiger partial charge in [-0.3, -0.25) is 9.78 Å². The van der Waals surface area contributed by atoms with E-state index < -0.39 is 5.91 Å². The number of H-pyrrole nitrogens is 1. The van der Waals surface area contributed by atoms with Crippen molar-refractivity contribution in [2.24, 2.45) is 5.73 Å². The van der Waals surface area contributed by atoms with E-state index in [4.69, 9.17) is 5.73 Å². The smallest absolute Gasteiger partial charge is 0.252 e. The van der Waals surface area contributed by atoms with Gasteiger partial charge in [0.2, 0.25) is 0 Å². The molecule has 6 heteroatoms. The van der Waals surface area contributed by atoms with Gasteiger partial charge < -0.3 is 10.7 Å². The van der Waals surface area contributed by atoms with Crippen LogP contribution in [0.25, 0.3) is 33.5 Å². The summed E-state index contributed by atoms with van der Waals surface area (Å²) in [6.07, 6.45) is 5.15. The summed E-state index contributed by atoms with van der Waals surface area (Å²) < 4.78 is 0. The number of nitrogens with two attached hydrogens (primary N) is 1. The van der Waals surface area contributed by atoms with Gasteiger partial charge >= 0.3 is 0 Å². The van der Waals surface area contributed by atoms with E-state index in [1.165, 1.54) is 6.20 Å². The molecule has 0 aliphatic heterocycles. The van der Waals surface area contributed by atoms with Crippen molar-refractivity contribution in [3.8, 4) is 22.6 Å². The molecule has 4 rings (SSSR count). The zero-order valence-electron chi connectivity index (χ0n) is 15.4. The third-order valence-corrected chi connectivity index (χ3v) is 4.85. The molecule has 0 unspecified atom stereocenters. The molecule has 0 aliphatic carbocycles. The highest BCUT2D eigenvalue weighted by molar-refractivity contribution is 5.94. The van der Waals surface area contributed by atoms with Crippen LogP contribution in [0.2, 0.25) is 0 Å². The first-order valence-electron chi connectivity index (χ1n) is 8.63. The van der Waals surface area contributed by atoms with E-state index in [0.29, 0.717) is 17.1 Å². The summed E-state index contributed by atoms with van der Waals surface area (Å²) >= 11 is 0. The Hall–Kier alpha value is -3.54. The summed E-state index contributed by atoms with van der Waals surface area (Å²) in [4.78, 5) is 27.8. The SMILES string of the molecule is Cc1cnccc1-c1[nH]c2ccc(-c3ncc(C(N)=O)c(C)n3)cc2c1C. The molecule has 0 saturated carbocycles. The number of nitrogens with one attached hydrogen (secondary N) is 1. The number of aromatic amines is 1. The number of nitrogens with zero attached hydrogens (tertiary/aromatic N) is 3. The van der Waals surface area contributed by atoms with Crippen LogP contribution in [-0.2, 0) is 0 Å². The fourth-order valence-electron chi connectivity index (χ4n) is 3.34. The normalized spacial score (nSPS) is 11.1. The van der Waals surface area contributed by atoms with Crippen molar-refractivity contribution in [2.75, 3.05) is 0 Å². The van der Waals surface area contributed by atoms with Gasteiger partial charge in [0.15, 0.2) is 5.82 Å². The van der Waals surface area contributed by atoms with E-state index in [1.807, 2.05) is 24.4 Å². The monoisotopic (exact) mass is 357 g/mol. The Balaban J connectivity index is 1.84. The Morgan fingerprint density at radius 3 is 2.63 bits per heavy atom. The first-order chi connectivity index (χ1) is 13.0. The summed E-state index contributed by atoms with van der Waals surface area (Å²) in [5.41, 5.74) is 12.7. The van der Waals surface area contributed by atoms with Crippen LogP contribution in [0.5, 0.6) is 0 Å². The van der Waals surface area contributed by atoms with Gasteiger partial charge in [0.05, 0.1) is 11.3 Å². The molecule has 3 aromatic heterocycles. The lowest BCUT2D eigenvalue weighted by molar-refractivity contribution is 0.0999. The molecule has 4 aromatic rings. The van der Waals surface area contributed by atoms with Gasteiger partial charge in [-0.15, -0.1) is 0 Å². The van der Waals surface area contributed by atoms with Crippen LogP contribution in [-0.4, -0.2) is 25.8 Å². The minimum Gasteiger partial charge on any atom is -0.365 e. The number of aryl methyl sites for hydroxylation is 3. The number of amides is 1. The van der Waals surface area contributed by atoms with E-state index in [9.17, 15) is 4.79 Å². The van der Waals surface area contributed by atoms with Crippen LogP contribution in [0.15, 0.2) is 42.9 Å². The number of pyridine rings is 1. The molecular formula is C21H19N5O. The largest absolute Gasteiger partial charge is 0.365 e. The van der Waals surface area contributed by atoms with Gasteiger partial charge in [-0.1, -0.05) is 0 Å². The summed E-state index contributed by atoms with van der Waals surface area (Å²) in [6.45, 7) is 5.91. The van der Waals surface area contributed by atoms with Crippen LogP contribution in [0.3, 0.4) is 0 Å². The van der Waals surface area contributed by atoms with Gasteiger partial charge in [0.25, 0.3) is 5.91 Å². The maximum Gasteiger partial charge on any atom is 0.252 e. The summed E-state index contributed by atoms with van der Waals surface area (Å²) in [5, 5.41) is 1.11. The highest BCUT2D eigenvalue weighted by atomic mass is 16.1. The molecule has 0 atom stereocenters. The van der Waals surface area contributed by atoms with Gasteiger partial charge in [-0.25, -0.2) is 9.97 Å². The molecule has 1 aromatic carbocycles. The highest BCUT2D eigenvalue weighted by Gasteiger charge is 2.14. The molecule has 1 amide bonds. The number of hydrogen-bond donors (Lipinski definition) is 2. The van der Waals surface area contributed by atoms with Gasteiger partial charge in [-0.05, 0) is 56.2 Å². The van der Waals surface area contributed by atoms with Crippen LogP contribution in [0.1, 0.15) is 27.2 Å². The average molecular weight is 357 g/mol. The summed E-state index contributed by atoms with van der Waals surface area (Å²) in [7, 11) is 0. The van der Waals surface area contributed by atoms with Crippen molar-refractivity contribution in [3.05, 3.63) is 65.2 Å². The van der Waals surface area contributed by atoms with Crippen molar-refractivity contribution in [1.82, 2.24) is 19.9 Å². The van der Waals surface area contributed by atoms with Gasteiger partial charge in [0.1, 0.15) is 0 Å². The number of fused-ring (bicyclic) bond motifs is 1. The minimum absolute atomic E-state index is 0.341. The lowest BCUT2D eigenvalue weighted by Crippen LogP contribution is -2.14. The molecule has 0 bridgehead atoms. The number of carbonyl (C=O) groups is 1. The molecular weight excluding hydrogens is 338 g/mol. The van der Waals surface area contributed by atoms with Crippen molar-refractivity contribution < 1.29 is 4.79 Å². The van der Waals surface area contributed by atoms with Crippen molar-refractivity contribution in [1.29, 1.82) is 0 Å². The first kappa shape index (κ1) is 16.9. The highest BCUT2D eigenvalue weighted by Crippen LogP contribution is 2.33. The molecule has 3 heterocycles. The third-order valence-electron chi connectivity index (χ3n) is 4.85. The Morgan fingerprint density at radius 2 is 1.93 bits per heavy atom. The number of primary amides is 1. The molecule has 0 radical (unpaired) electrons. The third kappa shape index (κ3) is 2.85. The van der Waals surface area contributed by atoms with E-state index in [-0.39, 0.29) is 0 Å². The van der Waals surface area contributed by atoms with Crippen molar-refractivity contribution in [3.63, 3.8) is 0 Å². The van der Waals surface area contributed by atoms with E-state index in [0.717, 1.165) is 38.9 Å². The minimum atomic E-state index is -0.520.